The Hall–Kier alpha value is -2.26. The molecule has 19 heavy (non-hydrogen) atoms. The first kappa shape index (κ1) is 14.8. The summed E-state index contributed by atoms with van der Waals surface area (Å²) in [6.07, 6.45) is 0. The van der Waals surface area contributed by atoms with E-state index in [1.807, 2.05) is 26.0 Å². The number of Topliss-reactive ketones (excluding diaryl/α,β-unsaturated/α-hetero) is 2. The van der Waals surface area contributed by atoms with Crippen molar-refractivity contribution in [3.8, 4) is 0 Å². The smallest absolute Gasteiger partial charge is 0.233 e. The van der Waals surface area contributed by atoms with Gasteiger partial charge >= 0.3 is 0 Å². The Morgan fingerprint density at radius 1 is 0.789 bits per heavy atom. The zero-order chi connectivity index (χ0) is 13.1. The summed E-state index contributed by atoms with van der Waals surface area (Å²) in [6, 6.07) is 14.1. The van der Waals surface area contributed by atoms with Gasteiger partial charge in [-0.25, -0.2) is 0 Å². The maximum Gasteiger partial charge on any atom is 0.233 e. The third kappa shape index (κ3) is 2.95. The maximum absolute atomic E-state index is 12.2. The lowest BCUT2D eigenvalue weighted by Crippen LogP contribution is -2.15. The van der Waals surface area contributed by atoms with Gasteiger partial charge in [-0.3, -0.25) is 9.59 Å². The molecule has 2 aromatic carbocycles. The van der Waals surface area contributed by atoms with Gasteiger partial charge in [0.05, 0.1) is 0 Å². The number of benzene rings is 2. The predicted octanol–water partition coefficient (Wildman–Crippen LogP) is 3.53. The van der Waals surface area contributed by atoms with E-state index in [1.54, 1.807) is 36.4 Å². The van der Waals surface area contributed by atoms with E-state index < -0.39 is 11.6 Å². The largest absolute Gasteiger partial charge is 0.344 e. The predicted molar refractivity (Wildman–Crippen MR) is 76.0 cm³/mol. The van der Waals surface area contributed by atoms with Crippen molar-refractivity contribution in [2.75, 3.05) is 0 Å². The topological polar surface area (TPSA) is 69.1 Å². The fraction of sp³-hybridized carbons (Fsp3) is 0.125. The molecule has 0 fully saturated rings. The van der Waals surface area contributed by atoms with E-state index in [4.69, 9.17) is 0 Å². The first-order valence-corrected chi connectivity index (χ1v) is 5.81. The van der Waals surface area contributed by atoms with Gasteiger partial charge in [-0.1, -0.05) is 48.5 Å². The Bertz CT molecular complexity index is 603. The van der Waals surface area contributed by atoms with Crippen LogP contribution in [0.3, 0.4) is 0 Å². The fourth-order valence-electron chi connectivity index (χ4n) is 1.84. The summed E-state index contributed by atoms with van der Waals surface area (Å²) < 4.78 is 0. The Morgan fingerprint density at radius 3 is 2.05 bits per heavy atom. The Balaban J connectivity index is 0.00000180. The lowest BCUT2D eigenvalue weighted by atomic mass is 9.95. The monoisotopic (exact) mass is 255 g/mol. The molecule has 3 heteroatoms. The third-order valence-corrected chi connectivity index (χ3v) is 3.09. The van der Waals surface area contributed by atoms with E-state index in [0.29, 0.717) is 11.1 Å². The molecule has 0 saturated carbocycles. The maximum atomic E-state index is 12.2. The first-order valence-electron chi connectivity index (χ1n) is 5.81. The highest BCUT2D eigenvalue weighted by Gasteiger charge is 2.19. The van der Waals surface area contributed by atoms with Crippen LogP contribution in [0.15, 0.2) is 48.5 Å². The van der Waals surface area contributed by atoms with Crippen molar-refractivity contribution in [1.82, 2.24) is 6.15 Å². The quantitative estimate of drug-likeness (QED) is 0.673. The fourth-order valence-corrected chi connectivity index (χ4v) is 1.84. The van der Waals surface area contributed by atoms with Crippen LogP contribution in [0, 0.1) is 13.8 Å². The highest BCUT2D eigenvalue weighted by atomic mass is 16.2. The Kier molecular flexibility index (Phi) is 4.73. The molecule has 3 nitrogen and oxygen atoms in total. The van der Waals surface area contributed by atoms with E-state index in [2.05, 4.69) is 0 Å². The van der Waals surface area contributed by atoms with Gasteiger partial charge in [0.15, 0.2) is 0 Å². The average molecular weight is 255 g/mol. The summed E-state index contributed by atoms with van der Waals surface area (Å²) in [5, 5.41) is 0. The molecule has 0 aromatic heterocycles. The van der Waals surface area contributed by atoms with Crippen LogP contribution in [0.2, 0.25) is 0 Å². The highest BCUT2D eigenvalue weighted by Crippen LogP contribution is 2.15. The number of ketones is 2. The van der Waals surface area contributed by atoms with Gasteiger partial charge in [0.2, 0.25) is 11.6 Å². The third-order valence-electron chi connectivity index (χ3n) is 3.09. The molecule has 2 aromatic rings. The summed E-state index contributed by atoms with van der Waals surface area (Å²) in [7, 11) is 0. The minimum atomic E-state index is -0.454. The van der Waals surface area contributed by atoms with Crippen molar-refractivity contribution in [2.45, 2.75) is 13.8 Å². The molecule has 0 radical (unpaired) electrons. The van der Waals surface area contributed by atoms with Gasteiger partial charge in [0, 0.05) is 11.1 Å². The van der Waals surface area contributed by atoms with Gasteiger partial charge in [0.25, 0.3) is 0 Å². The number of rotatable bonds is 3. The van der Waals surface area contributed by atoms with Gasteiger partial charge in [0.1, 0.15) is 0 Å². The van der Waals surface area contributed by atoms with Crippen molar-refractivity contribution in [1.29, 1.82) is 0 Å². The highest BCUT2D eigenvalue weighted by molar-refractivity contribution is 6.49. The van der Waals surface area contributed by atoms with Crippen LogP contribution in [0.4, 0.5) is 0 Å². The molecule has 0 amide bonds. The van der Waals surface area contributed by atoms with Crippen LogP contribution in [0.25, 0.3) is 0 Å². The second kappa shape index (κ2) is 6.07. The summed E-state index contributed by atoms with van der Waals surface area (Å²) in [5.41, 5.74) is 2.81. The molecule has 0 bridgehead atoms. The molecule has 0 atom stereocenters. The second-order valence-electron chi connectivity index (χ2n) is 4.27. The van der Waals surface area contributed by atoms with E-state index >= 15 is 0 Å². The Labute approximate surface area is 112 Å². The van der Waals surface area contributed by atoms with Gasteiger partial charge in [-0.05, 0) is 25.0 Å². The molecule has 0 unspecified atom stereocenters. The van der Waals surface area contributed by atoms with Crippen LogP contribution >= 0.6 is 0 Å². The molecular weight excluding hydrogens is 238 g/mol. The molecule has 0 aliphatic carbocycles. The van der Waals surface area contributed by atoms with Gasteiger partial charge in [-0.15, -0.1) is 0 Å². The zero-order valence-electron chi connectivity index (χ0n) is 11.1. The molecule has 98 valence electrons. The van der Waals surface area contributed by atoms with E-state index in [9.17, 15) is 9.59 Å². The number of carbonyl (C=O) groups excluding carboxylic acids is 2. The van der Waals surface area contributed by atoms with Gasteiger partial charge in [-0.2, -0.15) is 0 Å². The lowest BCUT2D eigenvalue weighted by molar-refractivity contribution is 0.0816. The number of carbonyl (C=O) groups is 2. The molecule has 0 aliphatic heterocycles. The molecular formula is C16H17NO2. The van der Waals surface area contributed by atoms with E-state index in [1.165, 1.54) is 0 Å². The standard InChI is InChI=1S/C16H14O2.H3N/c1-11-7-6-10-14(12(11)2)16(18)15(17)13-8-4-3-5-9-13;/h3-10H,1-2H3;1H3. The lowest BCUT2D eigenvalue weighted by Gasteiger charge is -2.06. The first-order chi connectivity index (χ1) is 8.61. The number of hydrogen-bond donors (Lipinski definition) is 1. The minimum absolute atomic E-state index is 0. The van der Waals surface area contributed by atoms with Crippen molar-refractivity contribution in [3.63, 3.8) is 0 Å². The summed E-state index contributed by atoms with van der Waals surface area (Å²) >= 11 is 0. The molecule has 3 N–H and O–H groups in total. The molecule has 0 saturated heterocycles. The average Bonchev–Trinajstić information content (AvgIpc) is 2.41. The van der Waals surface area contributed by atoms with Crippen LogP contribution in [-0.4, -0.2) is 11.6 Å². The SMILES string of the molecule is Cc1cccc(C(=O)C(=O)c2ccccc2)c1C.N. The minimum Gasteiger partial charge on any atom is -0.344 e. The number of aryl methyl sites for hydroxylation is 1. The van der Waals surface area contributed by atoms with E-state index in [-0.39, 0.29) is 6.15 Å². The van der Waals surface area contributed by atoms with Crippen molar-refractivity contribution in [3.05, 3.63) is 70.8 Å². The van der Waals surface area contributed by atoms with Crippen LogP contribution < -0.4 is 6.15 Å². The van der Waals surface area contributed by atoms with E-state index in [0.717, 1.165) is 11.1 Å². The molecule has 0 heterocycles. The zero-order valence-corrected chi connectivity index (χ0v) is 11.1. The molecule has 0 spiro atoms. The van der Waals surface area contributed by atoms with Crippen molar-refractivity contribution >= 4 is 11.6 Å². The van der Waals surface area contributed by atoms with Crippen molar-refractivity contribution in [2.24, 2.45) is 0 Å². The van der Waals surface area contributed by atoms with Crippen LogP contribution in [0.5, 0.6) is 0 Å². The van der Waals surface area contributed by atoms with Crippen molar-refractivity contribution < 1.29 is 9.59 Å². The second-order valence-corrected chi connectivity index (χ2v) is 4.27. The molecule has 2 rings (SSSR count). The summed E-state index contributed by atoms with van der Waals surface area (Å²) in [5.74, 6) is -0.897. The van der Waals surface area contributed by atoms with Crippen LogP contribution in [0.1, 0.15) is 31.8 Å². The van der Waals surface area contributed by atoms with Gasteiger partial charge < -0.3 is 6.15 Å². The molecule has 0 aliphatic rings. The summed E-state index contributed by atoms with van der Waals surface area (Å²) in [6.45, 7) is 3.79. The Morgan fingerprint density at radius 2 is 1.42 bits per heavy atom. The number of hydrogen-bond acceptors (Lipinski definition) is 3. The normalized spacial score (nSPS) is 9.58. The van der Waals surface area contributed by atoms with Crippen LogP contribution in [-0.2, 0) is 0 Å². The summed E-state index contributed by atoms with van der Waals surface area (Å²) in [4.78, 5) is 24.2.